The van der Waals surface area contributed by atoms with Crippen LogP contribution in [0.4, 0.5) is 11.4 Å². The van der Waals surface area contributed by atoms with E-state index in [1.807, 2.05) is 13.0 Å². The molecule has 1 unspecified atom stereocenters. The van der Waals surface area contributed by atoms with E-state index < -0.39 is 17.3 Å². The lowest BCUT2D eigenvalue weighted by Gasteiger charge is -2.44. The van der Waals surface area contributed by atoms with Gasteiger partial charge in [0.15, 0.2) is 5.78 Å². The molecule has 34 heavy (non-hydrogen) atoms. The van der Waals surface area contributed by atoms with Gasteiger partial charge in [0.05, 0.1) is 12.8 Å². The number of hydrogen-bond donors (Lipinski definition) is 2. The summed E-state index contributed by atoms with van der Waals surface area (Å²) in [5.41, 5.74) is 7.91. The zero-order valence-electron chi connectivity index (χ0n) is 18.5. The van der Waals surface area contributed by atoms with Crippen molar-refractivity contribution in [1.82, 2.24) is 0 Å². The first-order valence-corrected chi connectivity index (χ1v) is 11.5. The molecule has 174 valence electrons. The molecule has 0 aromatic heterocycles. The molecule has 0 radical (unpaired) electrons. The van der Waals surface area contributed by atoms with Crippen LogP contribution in [0.15, 0.2) is 59.1 Å². The van der Waals surface area contributed by atoms with Crippen molar-refractivity contribution < 1.29 is 19.1 Å². The van der Waals surface area contributed by atoms with Gasteiger partial charge in [0, 0.05) is 39.0 Å². The first-order valence-electron chi connectivity index (χ1n) is 10.7. The first-order chi connectivity index (χ1) is 16.2. The third kappa shape index (κ3) is 2.93. The second-order valence-electron chi connectivity index (χ2n) is 8.51. The number of fused-ring (bicyclic) bond motifs is 3. The monoisotopic (exact) mass is 497 g/mol. The molecule has 1 aliphatic carbocycles. The molecule has 3 aliphatic rings. The van der Waals surface area contributed by atoms with Crippen LogP contribution in [0.3, 0.4) is 0 Å². The summed E-state index contributed by atoms with van der Waals surface area (Å²) in [4.78, 5) is 42.4. The minimum atomic E-state index is -1.77. The van der Waals surface area contributed by atoms with Crippen LogP contribution in [-0.4, -0.2) is 24.8 Å². The summed E-state index contributed by atoms with van der Waals surface area (Å²) in [5.74, 6) is -1.58. The largest absolute Gasteiger partial charge is 0.466 e. The number of rotatable bonds is 2. The number of carbonyl (C=O) groups excluding carboxylic acids is 3. The van der Waals surface area contributed by atoms with Gasteiger partial charge in [-0.3, -0.25) is 14.5 Å². The summed E-state index contributed by atoms with van der Waals surface area (Å²) in [5, 5.41) is 3.65. The number of esters is 1. The second kappa shape index (κ2) is 7.89. The van der Waals surface area contributed by atoms with E-state index >= 15 is 0 Å². The molecule has 2 aliphatic heterocycles. The number of nitrogens with two attached hydrogens (primary N) is 1. The molecular weight excluding hydrogens is 477 g/mol. The number of aryl methyl sites for hydroxylation is 1. The van der Waals surface area contributed by atoms with Crippen LogP contribution in [-0.2, 0) is 24.5 Å². The third-order valence-corrected chi connectivity index (χ3v) is 7.15. The fourth-order valence-electron chi connectivity index (χ4n) is 5.28. The van der Waals surface area contributed by atoms with Gasteiger partial charge in [-0.25, -0.2) is 4.79 Å². The van der Waals surface area contributed by atoms with Crippen molar-refractivity contribution in [2.75, 3.05) is 17.3 Å². The summed E-state index contributed by atoms with van der Waals surface area (Å²) in [7, 11) is 1.21. The van der Waals surface area contributed by atoms with E-state index in [0.29, 0.717) is 45.5 Å². The molecular formula is C25H21Cl2N3O4. The van der Waals surface area contributed by atoms with Gasteiger partial charge < -0.3 is 15.8 Å². The van der Waals surface area contributed by atoms with Crippen LogP contribution in [0, 0.1) is 6.92 Å². The number of benzene rings is 2. The van der Waals surface area contributed by atoms with Crippen molar-refractivity contribution in [2.45, 2.75) is 31.6 Å². The quantitative estimate of drug-likeness (QED) is 0.597. The Kier molecular flexibility index (Phi) is 5.22. The molecule has 1 atom stereocenters. The number of nitrogens with one attached hydrogen (secondary N) is 1. The molecule has 0 saturated carbocycles. The fraction of sp³-hybridized carbons (Fsp3) is 0.240. The fourth-order valence-corrected chi connectivity index (χ4v) is 5.62. The molecule has 3 N–H and O–H groups in total. The molecule has 1 spiro atoms. The van der Waals surface area contributed by atoms with E-state index in [0.717, 1.165) is 5.56 Å². The van der Waals surface area contributed by atoms with Crippen LogP contribution in [0.2, 0.25) is 10.0 Å². The van der Waals surface area contributed by atoms with E-state index in [-0.39, 0.29) is 29.2 Å². The van der Waals surface area contributed by atoms with Gasteiger partial charge in [-0.15, -0.1) is 0 Å². The first kappa shape index (κ1) is 22.5. The van der Waals surface area contributed by atoms with Gasteiger partial charge in [-0.05, 0) is 55.7 Å². The number of nitrogens with zero attached hydrogens (tertiary/aromatic N) is 1. The Morgan fingerprint density at radius 1 is 1.12 bits per heavy atom. The Bertz CT molecular complexity index is 1360. The standard InChI is InChI=1S/C25H21Cl2N3O4/c1-12-6-7-14(27)11-18(12)30-17-4-3-5-19(31)20(17)25(21(22(30)28)23(32)34-2)15-10-13(26)8-9-16(15)29-24(25)33/h6-11H,3-5,28H2,1-2H3,(H,29,33). The molecule has 2 aromatic carbocycles. The lowest BCUT2D eigenvalue weighted by atomic mass is 9.63. The Labute approximate surface area is 206 Å². The van der Waals surface area contributed by atoms with Crippen LogP contribution >= 0.6 is 23.2 Å². The zero-order valence-corrected chi connectivity index (χ0v) is 20.0. The highest BCUT2D eigenvalue weighted by Crippen LogP contribution is 2.56. The Hall–Kier alpha value is -3.29. The van der Waals surface area contributed by atoms with Crippen LogP contribution in [0.1, 0.15) is 30.4 Å². The molecule has 1 amide bonds. The molecule has 0 fully saturated rings. The van der Waals surface area contributed by atoms with Crippen molar-refractivity contribution in [2.24, 2.45) is 5.73 Å². The van der Waals surface area contributed by atoms with Gasteiger partial charge in [0.25, 0.3) is 0 Å². The predicted molar refractivity (Wildman–Crippen MR) is 130 cm³/mol. The molecule has 7 nitrogen and oxygen atoms in total. The van der Waals surface area contributed by atoms with Crippen molar-refractivity contribution in [3.8, 4) is 0 Å². The van der Waals surface area contributed by atoms with Gasteiger partial charge >= 0.3 is 5.97 Å². The highest BCUT2D eigenvalue weighted by Gasteiger charge is 2.62. The van der Waals surface area contributed by atoms with Crippen molar-refractivity contribution in [1.29, 1.82) is 0 Å². The molecule has 0 bridgehead atoms. The lowest BCUT2D eigenvalue weighted by molar-refractivity contribution is -0.138. The minimum absolute atomic E-state index is 0.00800. The molecule has 2 heterocycles. The summed E-state index contributed by atoms with van der Waals surface area (Å²) in [6.07, 6.45) is 1.29. The average Bonchev–Trinajstić information content (AvgIpc) is 3.07. The van der Waals surface area contributed by atoms with Crippen molar-refractivity contribution >= 4 is 52.2 Å². The number of Topliss-reactive ketones (excluding diaryl/α,β-unsaturated/α-hetero) is 1. The maximum absolute atomic E-state index is 13.8. The van der Waals surface area contributed by atoms with Crippen LogP contribution < -0.4 is 16.0 Å². The second-order valence-corrected chi connectivity index (χ2v) is 9.38. The minimum Gasteiger partial charge on any atom is -0.466 e. The van der Waals surface area contributed by atoms with E-state index in [2.05, 4.69) is 5.32 Å². The van der Waals surface area contributed by atoms with Gasteiger partial charge in [0.1, 0.15) is 16.8 Å². The number of ketones is 1. The topological polar surface area (TPSA) is 102 Å². The highest BCUT2D eigenvalue weighted by molar-refractivity contribution is 6.32. The normalized spacial score (nSPS) is 21.6. The van der Waals surface area contributed by atoms with Crippen LogP contribution in [0.5, 0.6) is 0 Å². The van der Waals surface area contributed by atoms with E-state index in [4.69, 9.17) is 33.7 Å². The predicted octanol–water partition coefficient (Wildman–Crippen LogP) is 4.36. The molecule has 9 heteroatoms. The van der Waals surface area contributed by atoms with Crippen LogP contribution in [0.25, 0.3) is 0 Å². The number of halogens is 2. The summed E-state index contributed by atoms with van der Waals surface area (Å²) >= 11 is 12.6. The van der Waals surface area contributed by atoms with Gasteiger partial charge in [-0.2, -0.15) is 0 Å². The number of carbonyl (C=O) groups is 3. The number of hydrogen-bond acceptors (Lipinski definition) is 6. The number of amides is 1. The summed E-state index contributed by atoms with van der Waals surface area (Å²) in [6.45, 7) is 1.88. The smallest absolute Gasteiger partial charge is 0.339 e. The Morgan fingerprint density at radius 3 is 2.56 bits per heavy atom. The summed E-state index contributed by atoms with van der Waals surface area (Å²) in [6, 6.07) is 10.2. The number of methoxy groups -OCH3 is 1. The molecule has 0 saturated heterocycles. The highest BCUT2D eigenvalue weighted by atomic mass is 35.5. The van der Waals surface area contributed by atoms with E-state index in [1.54, 1.807) is 35.2 Å². The van der Waals surface area contributed by atoms with E-state index in [9.17, 15) is 14.4 Å². The van der Waals surface area contributed by atoms with Gasteiger partial charge in [0.2, 0.25) is 5.91 Å². The Morgan fingerprint density at radius 2 is 1.82 bits per heavy atom. The van der Waals surface area contributed by atoms with E-state index in [1.165, 1.54) is 7.11 Å². The zero-order chi connectivity index (χ0) is 24.4. The van der Waals surface area contributed by atoms with Gasteiger partial charge in [-0.1, -0.05) is 29.3 Å². The van der Waals surface area contributed by atoms with Crippen molar-refractivity contribution in [3.63, 3.8) is 0 Å². The third-order valence-electron chi connectivity index (χ3n) is 6.68. The SMILES string of the molecule is COC(=O)C1=C(N)N(c2cc(Cl)ccc2C)C2=C(C(=O)CCC2)C12C(=O)Nc1ccc(Cl)cc12. The average molecular weight is 498 g/mol. The molecule has 2 aromatic rings. The van der Waals surface area contributed by atoms with Crippen molar-refractivity contribution in [3.05, 3.63) is 80.2 Å². The Balaban J connectivity index is 1.94. The number of allylic oxidation sites excluding steroid dienone is 1. The maximum atomic E-state index is 13.8. The number of anilines is 2. The summed E-state index contributed by atoms with van der Waals surface area (Å²) < 4.78 is 5.12. The maximum Gasteiger partial charge on any atom is 0.339 e. The lowest BCUT2D eigenvalue weighted by Crippen LogP contribution is -2.53. The molecule has 5 rings (SSSR count). The number of ether oxygens (including phenoxy) is 1.